The minimum Gasteiger partial charge on any atom is -0.341 e. The second-order valence-corrected chi connectivity index (χ2v) is 6.09. The average molecular weight is 294 g/mol. The van der Waals surface area contributed by atoms with E-state index in [9.17, 15) is 0 Å². The molecule has 0 bridgehead atoms. The fourth-order valence-corrected chi connectivity index (χ4v) is 3.64. The van der Waals surface area contributed by atoms with Gasteiger partial charge in [-0.25, -0.2) is 0 Å². The quantitative estimate of drug-likeness (QED) is 0.552. The highest BCUT2D eigenvalue weighted by molar-refractivity contribution is 6.35. The van der Waals surface area contributed by atoms with Crippen molar-refractivity contribution in [3.8, 4) is 0 Å². The lowest BCUT2D eigenvalue weighted by atomic mass is 9.96. The van der Waals surface area contributed by atoms with Gasteiger partial charge < -0.3 is 4.90 Å². The molecule has 0 amide bonds. The average Bonchev–Trinajstić information content (AvgIpc) is 2.86. The van der Waals surface area contributed by atoms with Crippen LogP contribution in [0.25, 0.3) is 10.8 Å². The highest BCUT2D eigenvalue weighted by atomic mass is 35.5. The van der Waals surface area contributed by atoms with Gasteiger partial charge in [-0.2, -0.15) is 0 Å². The summed E-state index contributed by atoms with van der Waals surface area (Å²) in [5, 5.41) is 3.27. The number of benzene rings is 3. The summed E-state index contributed by atoms with van der Waals surface area (Å²) in [6.45, 7) is 3.31. The predicted octanol–water partition coefficient (Wildman–Crippen LogP) is 5.75. The Morgan fingerprint density at radius 1 is 0.905 bits per heavy atom. The van der Waals surface area contributed by atoms with Crippen LogP contribution in [0.1, 0.15) is 18.4 Å². The highest BCUT2D eigenvalue weighted by Crippen LogP contribution is 2.45. The number of rotatable bonds is 1. The van der Waals surface area contributed by atoms with Crippen molar-refractivity contribution < 1.29 is 0 Å². The monoisotopic (exact) mass is 293 g/mol. The maximum Gasteiger partial charge on any atom is 0.0484 e. The molecule has 0 aromatic heterocycles. The van der Waals surface area contributed by atoms with Crippen LogP contribution in [-0.4, -0.2) is 6.54 Å². The fourth-order valence-electron chi connectivity index (χ4n) is 3.40. The van der Waals surface area contributed by atoms with Gasteiger partial charge in [0.25, 0.3) is 0 Å². The minimum absolute atomic E-state index is 0.502. The van der Waals surface area contributed by atoms with Gasteiger partial charge in [0.15, 0.2) is 0 Å². The van der Waals surface area contributed by atoms with E-state index < -0.39 is 0 Å². The molecule has 1 atom stereocenters. The number of hydrogen-bond acceptors (Lipinski definition) is 1. The summed E-state index contributed by atoms with van der Waals surface area (Å²) in [6, 6.07) is 21.1. The van der Waals surface area contributed by atoms with Crippen LogP contribution >= 0.6 is 11.6 Å². The molecule has 0 radical (unpaired) electrons. The summed E-state index contributed by atoms with van der Waals surface area (Å²) >= 11 is 6.35. The molecule has 2 heteroatoms. The van der Waals surface area contributed by atoms with Crippen molar-refractivity contribution in [2.45, 2.75) is 12.8 Å². The molecular weight excluding hydrogens is 278 g/mol. The standard InChI is InChI=1S/C19H16ClN/c1-13-12-21(14-6-3-2-4-7-14)18-11-10-15-16(19(13)18)8-5-9-17(15)20/h2-11,13H,12H2,1H3. The summed E-state index contributed by atoms with van der Waals surface area (Å²) in [5.74, 6) is 0.502. The number of halogens is 1. The van der Waals surface area contributed by atoms with E-state index in [1.165, 1.54) is 22.3 Å². The van der Waals surface area contributed by atoms with Crippen molar-refractivity contribution in [2.24, 2.45) is 0 Å². The van der Waals surface area contributed by atoms with E-state index in [4.69, 9.17) is 11.6 Å². The van der Waals surface area contributed by atoms with E-state index in [0.717, 1.165) is 17.0 Å². The van der Waals surface area contributed by atoms with Gasteiger partial charge >= 0.3 is 0 Å². The maximum absolute atomic E-state index is 6.35. The summed E-state index contributed by atoms with van der Waals surface area (Å²) in [4.78, 5) is 2.40. The molecular formula is C19H16ClN. The summed E-state index contributed by atoms with van der Waals surface area (Å²) in [6.07, 6.45) is 0. The molecule has 1 nitrogen and oxygen atoms in total. The van der Waals surface area contributed by atoms with E-state index in [-0.39, 0.29) is 0 Å². The molecule has 1 aliphatic heterocycles. The number of anilines is 2. The molecule has 0 aliphatic carbocycles. The Bertz CT molecular complexity index is 810. The van der Waals surface area contributed by atoms with E-state index in [2.05, 4.69) is 60.4 Å². The van der Waals surface area contributed by atoms with Crippen molar-refractivity contribution in [3.63, 3.8) is 0 Å². The van der Waals surface area contributed by atoms with Gasteiger partial charge in [-0.15, -0.1) is 0 Å². The third-order valence-electron chi connectivity index (χ3n) is 4.33. The Morgan fingerprint density at radius 2 is 1.71 bits per heavy atom. The molecule has 0 fully saturated rings. The van der Waals surface area contributed by atoms with E-state index in [1.54, 1.807) is 0 Å². The molecule has 0 saturated carbocycles. The van der Waals surface area contributed by atoms with Gasteiger partial charge in [-0.05, 0) is 35.2 Å². The van der Waals surface area contributed by atoms with Gasteiger partial charge in [-0.3, -0.25) is 0 Å². The molecule has 0 spiro atoms. The molecule has 4 rings (SSSR count). The summed E-state index contributed by atoms with van der Waals surface area (Å²) < 4.78 is 0. The fraction of sp³-hybridized carbons (Fsp3) is 0.158. The smallest absolute Gasteiger partial charge is 0.0484 e. The Balaban J connectivity index is 1.96. The third kappa shape index (κ3) is 1.92. The lowest BCUT2D eigenvalue weighted by molar-refractivity contribution is 0.818. The molecule has 3 aromatic rings. The molecule has 1 aliphatic rings. The third-order valence-corrected chi connectivity index (χ3v) is 4.66. The largest absolute Gasteiger partial charge is 0.341 e. The first-order valence-corrected chi connectivity index (χ1v) is 7.67. The molecule has 1 heterocycles. The normalized spacial score (nSPS) is 17.2. The highest BCUT2D eigenvalue weighted by Gasteiger charge is 2.28. The van der Waals surface area contributed by atoms with Crippen molar-refractivity contribution in [1.29, 1.82) is 0 Å². The zero-order valence-electron chi connectivity index (χ0n) is 11.9. The number of para-hydroxylation sites is 1. The molecule has 3 aromatic carbocycles. The van der Waals surface area contributed by atoms with Crippen molar-refractivity contribution in [2.75, 3.05) is 11.4 Å². The zero-order valence-corrected chi connectivity index (χ0v) is 12.6. The number of hydrogen-bond donors (Lipinski definition) is 0. The van der Waals surface area contributed by atoms with Gasteiger partial charge in [0, 0.05) is 34.2 Å². The SMILES string of the molecule is CC1CN(c2ccccc2)c2ccc3c(Cl)cccc3c21. The van der Waals surface area contributed by atoms with Crippen LogP contribution in [0.15, 0.2) is 60.7 Å². The molecule has 0 saturated heterocycles. The van der Waals surface area contributed by atoms with Crippen LogP contribution < -0.4 is 4.90 Å². The van der Waals surface area contributed by atoms with E-state index >= 15 is 0 Å². The van der Waals surface area contributed by atoms with Gasteiger partial charge in [0.1, 0.15) is 0 Å². The summed E-state index contributed by atoms with van der Waals surface area (Å²) in [5.41, 5.74) is 3.98. The van der Waals surface area contributed by atoms with Crippen LogP contribution in [0.4, 0.5) is 11.4 Å². The molecule has 104 valence electrons. The van der Waals surface area contributed by atoms with Crippen molar-refractivity contribution in [3.05, 3.63) is 71.2 Å². The van der Waals surface area contributed by atoms with Crippen LogP contribution in [0, 0.1) is 0 Å². The Kier molecular flexibility index (Phi) is 2.90. The van der Waals surface area contributed by atoms with Gasteiger partial charge in [0.05, 0.1) is 0 Å². The molecule has 0 N–H and O–H groups in total. The van der Waals surface area contributed by atoms with E-state index in [0.29, 0.717) is 5.92 Å². The topological polar surface area (TPSA) is 3.24 Å². The second-order valence-electron chi connectivity index (χ2n) is 5.68. The molecule has 21 heavy (non-hydrogen) atoms. The number of fused-ring (bicyclic) bond motifs is 3. The number of nitrogens with zero attached hydrogens (tertiary/aromatic N) is 1. The Hall–Kier alpha value is -1.99. The second kappa shape index (κ2) is 4.78. The maximum atomic E-state index is 6.35. The first-order chi connectivity index (χ1) is 10.3. The van der Waals surface area contributed by atoms with Gasteiger partial charge in [-0.1, -0.05) is 54.9 Å². The van der Waals surface area contributed by atoms with Crippen LogP contribution in [-0.2, 0) is 0 Å². The minimum atomic E-state index is 0.502. The summed E-state index contributed by atoms with van der Waals surface area (Å²) in [7, 11) is 0. The van der Waals surface area contributed by atoms with Crippen LogP contribution in [0.2, 0.25) is 5.02 Å². The lowest BCUT2D eigenvalue weighted by Gasteiger charge is -2.20. The van der Waals surface area contributed by atoms with Gasteiger partial charge in [0.2, 0.25) is 0 Å². The van der Waals surface area contributed by atoms with Crippen molar-refractivity contribution >= 4 is 33.7 Å². The zero-order chi connectivity index (χ0) is 14.4. The van der Waals surface area contributed by atoms with E-state index in [1.807, 2.05) is 12.1 Å². The van der Waals surface area contributed by atoms with Crippen molar-refractivity contribution in [1.82, 2.24) is 0 Å². The first-order valence-electron chi connectivity index (χ1n) is 7.29. The lowest BCUT2D eigenvalue weighted by Crippen LogP contribution is -2.14. The first kappa shape index (κ1) is 12.7. The molecule has 1 unspecified atom stereocenters. The Morgan fingerprint density at radius 3 is 2.52 bits per heavy atom. The predicted molar refractivity (Wildman–Crippen MR) is 90.8 cm³/mol. The van der Waals surface area contributed by atoms with Crippen LogP contribution in [0.5, 0.6) is 0 Å². The van der Waals surface area contributed by atoms with Crippen LogP contribution in [0.3, 0.4) is 0 Å². The Labute approximate surface area is 129 Å².